The van der Waals surface area contributed by atoms with Gasteiger partial charge in [0.05, 0.1) is 24.7 Å². The number of rotatable bonds is 3. The van der Waals surface area contributed by atoms with Crippen LogP contribution in [-0.4, -0.2) is 53.3 Å². The number of fused-ring (bicyclic) bond motifs is 1. The van der Waals surface area contributed by atoms with Crippen molar-refractivity contribution in [3.63, 3.8) is 0 Å². The molecule has 3 heterocycles. The summed E-state index contributed by atoms with van der Waals surface area (Å²) < 4.78 is 34.4. The molecule has 0 unspecified atom stereocenters. The molecule has 0 aromatic carbocycles. The summed E-state index contributed by atoms with van der Waals surface area (Å²) in [7, 11) is -3.75. The van der Waals surface area contributed by atoms with E-state index in [4.69, 9.17) is 24.0 Å². The molecule has 1 amide bonds. The highest BCUT2D eigenvalue weighted by atomic mass is 31.2. The van der Waals surface area contributed by atoms with Gasteiger partial charge in [0.1, 0.15) is 12.2 Å². The fraction of sp³-hybridized carbons (Fsp3) is 0.714. The number of ether oxygens (including phenoxy) is 1. The van der Waals surface area contributed by atoms with Crippen LogP contribution in [0.4, 0.5) is 0 Å². The van der Waals surface area contributed by atoms with Gasteiger partial charge in [-0.3, -0.25) is 28.1 Å². The fourth-order valence-electron chi connectivity index (χ4n) is 3.00. The third-order valence-electron chi connectivity index (χ3n) is 4.05. The van der Waals surface area contributed by atoms with Gasteiger partial charge in [-0.2, -0.15) is 0 Å². The molecule has 0 radical (unpaired) electrons. The van der Waals surface area contributed by atoms with Crippen molar-refractivity contribution in [1.82, 2.24) is 4.90 Å². The Labute approximate surface area is 139 Å². The highest BCUT2D eigenvalue weighted by Gasteiger charge is 2.60. The fourth-order valence-corrected chi connectivity index (χ4v) is 4.66. The Morgan fingerprint density at radius 3 is 2.79 bits per heavy atom. The van der Waals surface area contributed by atoms with Crippen LogP contribution in [0.1, 0.15) is 27.2 Å². The maximum atomic E-state index is 12.5. The minimum absolute atomic E-state index is 0.0252. The second kappa shape index (κ2) is 6.01. The van der Waals surface area contributed by atoms with E-state index < -0.39 is 37.7 Å². The molecule has 5 atom stereocenters. The first kappa shape index (κ1) is 17.7. The lowest BCUT2D eigenvalue weighted by atomic mass is 9.92. The molecular formula is C14H21N2O7P. The molecule has 2 fully saturated rings. The zero-order valence-electron chi connectivity index (χ0n) is 13.7. The van der Waals surface area contributed by atoms with Crippen LogP contribution in [0.5, 0.6) is 0 Å². The molecule has 2 saturated heterocycles. The van der Waals surface area contributed by atoms with Gasteiger partial charge in [-0.1, -0.05) is 0 Å². The number of hydrogen-bond acceptors (Lipinski definition) is 8. The molecule has 0 aromatic rings. The van der Waals surface area contributed by atoms with Crippen LogP contribution >= 0.6 is 7.82 Å². The predicted molar refractivity (Wildman–Crippen MR) is 81.5 cm³/mol. The summed E-state index contributed by atoms with van der Waals surface area (Å²) in [6.45, 7) is 5.04. The van der Waals surface area contributed by atoms with Crippen LogP contribution in [0.2, 0.25) is 0 Å². The standard InChI is InChI=1S/C14H21N2O7P/c1-8(2)22-24(19)20-7-10-12(23-24)14(3,15)13(21-10)16-5-4-9(17)6-11(16)18/h4-5,8,10,12-13H,6-7,15H2,1-3H3/t10-,12-,13-,14-,24+/m1/s1. The number of carbonyl (C=O) groups is 2. The Kier molecular flexibility index (Phi) is 4.44. The topological polar surface area (TPSA) is 117 Å². The summed E-state index contributed by atoms with van der Waals surface area (Å²) in [5.74, 6) is -0.690. The Balaban J connectivity index is 1.83. The van der Waals surface area contributed by atoms with Gasteiger partial charge in [-0.25, -0.2) is 4.57 Å². The molecular weight excluding hydrogens is 339 g/mol. The van der Waals surface area contributed by atoms with E-state index in [9.17, 15) is 14.2 Å². The second-order valence-electron chi connectivity index (χ2n) is 6.58. The Morgan fingerprint density at radius 2 is 2.17 bits per heavy atom. The Morgan fingerprint density at radius 1 is 1.46 bits per heavy atom. The van der Waals surface area contributed by atoms with E-state index in [0.29, 0.717) is 0 Å². The molecule has 3 aliphatic heterocycles. The molecule has 2 N–H and O–H groups in total. The van der Waals surface area contributed by atoms with Gasteiger partial charge in [-0.05, 0) is 26.8 Å². The lowest BCUT2D eigenvalue weighted by molar-refractivity contribution is -0.146. The molecule has 0 aromatic heterocycles. The number of allylic oxidation sites excluding steroid dienone is 1. The van der Waals surface area contributed by atoms with Crippen LogP contribution in [0.25, 0.3) is 0 Å². The number of phosphoric acid groups is 1. The molecule has 0 aliphatic carbocycles. The van der Waals surface area contributed by atoms with E-state index in [1.165, 1.54) is 17.2 Å². The van der Waals surface area contributed by atoms with E-state index in [1.54, 1.807) is 20.8 Å². The summed E-state index contributed by atoms with van der Waals surface area (Å²) >= 11 is 0. The maximum Gasteiger partial charge on any atom is 0.475 e. The average molecular weight is 360 g/mol. The maximum absolute atomic E-state index is 12.5. The molecule has 0 spiro atoms. The molecule has 10 heteroatoms. The zero-order chi connectivity index (χ0) is 17.7. The first-order valence-corrected chi connectivity index (χ1v) is 9.16. The Bertz CT molecular complexity index is 633. The van der Waals surface area contributed by atoms with Crippen molar-refractivity contribution < 1.29 is 32.5 Å². The molecule has 3 aliphatic rings. The molecule has 0 saturated carbocycles. The Hall–Kier alpha value is -1.09. The van der Waals surface area contributed by atoms with Gasteiger partial charge in [0.2, 0.25) is 5.91 Å². The van der Waals surface area contributed by atoms with Crippen molar-refractivity contribution in [1.29, 1.82) is 0 Å². The summed E-state index contributed by atoms with van der Waals surface area (Å²) in [6.07, 6.45) is -0.181. The lowest BCUT2D eigenvalue weighted by Crippen LogP contribution is -2.60. The van der Waals surface area contributed by atoms with Gasteiger partial charge in [0.15, 0.2) is 12.0 Å². The van der Waals surface area contributed by atoms with Crippen molar-refractivity contribution in [2.45, 2.75) is 57.3 Å². The third-order valence-corrected chi connectivity index (χ3v) is 5.68. The SMILES string of the molecule is CC(C)O[P@]1(=O)OC[C@H]2O[C@@H](N3C=CC(=O)CC3=O)[C@](C)(N)[C@@H]2O1. The van der Waals surface area contributed by atoms with E-state index in [2.05, 4.69) is 0 Å². The highest BCUT2D eigenvalue weighted by molar-refractivity contribution is 7.48. The molecule has 0 bridgehead atoms. The van der Waals surface area contributed by atoms with Crippen molar-refractivity contribution in [2.75, 3.05) is 6.61 Å². The number of ketones is 1. The van der Waals surface area contributed by atoms with Crippen LogP contribution in [0, 0.1) is 0 Å². The van der Waals surface area contributed by atoms with Crippen LogP contribution in [-0.2, 0) is 32.5 Å². The van der Waals surface area contributed by atoms with E-state index in [0.717, 1.165) is 0 Å². The molecule has 24 heavy (non-hydrogen) atoms. The smallest absolute Gasteiger partial charge is 0.347 e. The normalized spacial score (nSPS) is 42.7. The van der Waals surface area contributed by atoms with Gasteiger partial charge in [0.25, 0.3) is 0 Å². The predicted octanol–water partition coefficient (Wildman–Crippen LogP) is 0.692. The van der Waals surface area contributed by atoms with E-state index >= 15 is 0 Å². The van der Waals surface area contributed by atoms with E-state index in [-0.39, 0.29) is 24.9 Å². The number of carbonyl (C=O) groups excluding carboxylic acids is 2. The number of nitrogens with zero attached hydrogens (tertiary/aromatic N) is 1. The molecule has 134 valence electrons. The summed E-state index contributed by atoms with van der Waals surface area (Å²) in [4.78, 5) is 24.7. The second-order valence-corrected chi connectivity index (χ2v) is 8.15. The first-order chi connectivity index (χ1) is 11.1. The third kappa shape index (κ3) is 3.08. The van der Waals surface area contributed by atoms with Gasteiger partial charge in [-0.15, -0.1) is 0 Å². The highest BCUT2D eigenvalue weighted by Crippen LogP contribution is 2.58. The lowest BCUT2D eigenvalue weighted by Gasteiger charge is -2.38. The number of hydrogen-bond donors (Lipinski definition) is 1. The van der Waals surface area contributed by atoms with E-state index in [1.807, 2.05) is 0 Å². The average Bonchev–Trinajstić information content (AvgIpc) is 2.69. The summed E-state index contributed by atoms with van der Waals surface area (Å²) in [5, 5.41) is 0. The summed E-state index contributed by atoms with van der Waals surface area (Å²) in [6, 6.07) is 0. The quantitative estimate of drug-likeness (QED) is 0.577. The number of phosphoric ester groups is 1. The minimum atomic E-state index is -3.75. The zero-order valence-corrected chi connectivity index (χ0v) is 14.6. The van der Waals surface area contributed by atoms with Crippen LogP contribution in [0.3, 0.4) is 0 Å². The number of amides is 1. The number of nitrogens with two attached hydrogens (primary N) is 1. The monoisotopic (exact) mass is 360 g/mol. The van der Waals surface area contributed by atoms with Crippen molar-refractivity contribution in [2.24, 2.45) is 5.73 Å². The van der Waals surface area contributed by atoms with Crippen molar-refractivity contribution >= 4 is 19.5 Å². The van der Waals surface area contributed by atoms with Gasteiger partial charge < -0.3 is 10.5 Å². The van der Waals surface area contributed by atoms with Crippen molar-refractivity contribution in [3.05, 3.63) is 12.3 Å². The molecule has 3 rings (SSSR count). The van der Waals surface area contributed by atoms with Crippen LogP contribution in [0.15, 0.2) is 12.3 Å². The van der Waals surface area contributed by atoms with Crippen LogP contribution < -0.4 is 5.73 Å². The minimum Gasteiger partial charge on any atom is -0.347 e. The summed E-state index contributed by atoms with van der Waals surface area (Å²) in [5.41, 5.74) is 5.20. The molecule has 9 nitrogen and oxygen atoms in total. The first-order valence-electron chi connectivity index (χ1n) is 7.70. The van der Waals surface area contributed by atoms with Gasteiger partial charge >= 0.3 is 7.82 Å². The van der Waals surface area contributed by atoms with Gasteiger partial charge in [0, 0.05) is 6.20 Å². The van der Waals surface area contributed by atoms with Crippen molar-refractivity contribution in [3.8, 4) is 0 Å². The largest absolute Gasteiger partial charge is 0.475 e.